The van der Waals surface area contributed by atoms with Crippen LogP contribution in [0.5, 0.6) is 5.75 Å². The van der Waals surface area contributed by atoms with Gasteiger partial charge in [0.15, 0.2) is 0 Å². The van der Waals surface area contributed by atoms with Gasteiger partial charge in [0.1, 0.15) is 11.4 Å². The highest BCUT2D eigenvalue weighted by atomic mass is 16.5. The van der Waals surface area contributed by atoms with Crippen molar-refractivity contribution in [3.8, 4) is 5.75 Å². The molecule has 3 aromatic carbocycles. The van der Waals surface area contributed by atoms with Crippen LogP contribution < -0.4 is 15.0 Å². The van der Waals surface area contributed by atoms with Crippen molar-refractivity contribution < 1.29 is 14.3 Å². The van der Waals surface area contributed by atoms with Crippen molar-refractivity contribution in [2.24, 2.45) is 0 Å². The predicted molar refractivity (Wildman–Crippen MR) is 114 cm³/mol. The normalized spacial score (nSPS) is 13.8. The summed E-state index contributed by atoms with van der Waals surface area (Å²) >= 11 is 0. The molecule has 1 aliphatic heterocycles. The molecule has 0 saturated heterocycles. The van der Waals surface area contributed by atoms with Gasteiger partial charge in [-0.05, 0) is 37.3 Å². The molecule has 0 aliphatic carbocycles. The maximum atomic E-state index is 13.4. The van der Waals surface area contributed by atoms with Crippen LogP contribution in [0.15, 0.2) is 84.6 Å². The molecule has 144 valence electrons. The number of nitrogens with one attached hydrogen (secondary N) is 1. The molecule has 1 N–H and O–H groups in total. The number of rotatable bonds is 5. The topological polar surface area (TPSA) is 58.6 Å². The highest BCUT2D eigenvalue weighted by Crippen LogP contribution is 2.37. The number of ether oxygens (including phenoxy) is 1. The molecule has 0 bridgehead atoms. The smallest absolute Gasteiger partial charge is 0.282 e. The quantitative estimate of drug-likeness (QED) is 0.663. The van der Waals surface area contributed by atoms with E-state index in [1.807, 2.05) is 61.5 Å². The first-order valence-electron chi connectivity index (χ1n) is 9.25. The molecule has 0 unspecified atom stereocenters. The fraction of sp³-hybridized carbons (Fsp3) is 0.0833. The van der Waals surface area contributed by atoms with Crippen molar-refractivity contribution in [2.75, 3.05) is 17.3 Å². The zero-order valence-electron chi connectivity index (χ0n) is 16.2. The molecule has 2 amide bonds. The number of methoxy groups -OCH3 is 1. The second-order valence-corrected chi connectivity index (χ2v) is 6.72. The van der Waals surface area contributed by atoms with Crippen LogP contribution in [0.1, 0.15) is 11.1 Å². The lowest BCUT2D eigenvalue weighted by Gasteiger charge is -2.16. The molecule has 1 heterocycles. The number of aryl methyl sites for hydroxylation is 1. The number of amides is 2. The molecular weight excluding hydrogens is 364 g/mol. The fourth-order valence-corrected chi connectivity index (χ4v) is 3.34. The minimum atomic E-state index is -0.399. The average molecular weight is 384 g/mol. The molecule has 5 nitrogen and oxygen atoms in total. The van der Waals surface area contributed by atoms with Crippen molar-refractivity contribution in [1.82, 2.24) is 0 Å². The molecule has 4 rings (SSSR count). The third-order valence-corrected chi connectivity index (χ3v) is 4.80. The van der Waals surface area contributed by atoms with Crippen LogP contribution in [-0.2, 0) is 9.59 Å². The lowest BCUT2D eigenvalue weighted by Crippen LogP contribution is -2.32. The summed E-state index contributed by atoms with van der Waals surface area (Å²) in [5, 5.41) is 3.14. The highest BCUT2D eigenvalue weighted by molar-refractivity contribution is 6.46. The molecular formula is C24H20N2O3. The van der Waals surface area contributed by atoms with Gasteiger partial charge in [0, 0.05) is 11.3 Å². The lowest BCUT2D eigenvalue weighted by atomic mass is 10.0. The van der Waals surface area contributed by atoms with Gasteiger partial charge < -0.3 is 10.1 Å². The standard InChI is InChI=1S/C24H20N2O3/c1-16-12-14-18(15-13-16)26-23(27)21(19-10-6-7-11-20(19)29-2)22(24(26)28)25-17-8-4-3-5-9-17/h3-15,25H,1-2H3. The van der Waals surface area contributed by atoms with E-state index in [2.05, 4.69) is 5.32 Å². The first-order chi connectivity index (χ1) is 14.1. The van der Waals surface area contributed by atoms with Crippen LogP contribution in [0, 0.1) is 6.92 Å². The fourth-order valence-electron chi connectivity index (χ4n) is 3.34. The summed E-state index contributed by atoms with van der Waals surface area (Å²) in [4.78, 5) is 28.0. The van der Waals surface area contributed by atoms with Crippen molar-refractivity contribution in [3.63, 3.8) is 0 Å². The van der Waals surface area contributed by atoms with E-state index in [-0.39, 0.29) is 17.2 Å². The second-order valence-electron chi connectivity index (χ2n) is 6.72. The summed E-state index contributed by atoms with van der Waals surface area (Å²) in [5.41, 5.74) is 3.39. The van der Waals surface area contributed by atoms with Gasteiger partial charge in [-0.3, -0.25) is 9.59 Å². The van der Waals surface area contributed by atoms with Gasteiger partial charge in [0.25, 0.3) is 11.8 Å². The maximum Gasteiger partial charge on any atom is 0.282 e. The Kier molecular flexibility index (Phi) is 4.87. The molecule has 29 heavy (non-hydrogen) atoms. The van der Waals surface area contributed by atoms with Gasteiger partial charge in [-0.25, -0.2) is 4.90 Å². The molecule has 0 saturated carbocycles. The molecule has 0 radical (unpaired) electrons. The minimum Gasteiger partial charge on any atom is -0.496 e. The van der Waals surface area contributed by atoms with E-state index in [0.29, 0.717) is 17.0 Å². The first kappa shape index (κ1) is 18.5. The van der Waals surface area contributed by atoms with E-state index in [1.165, 1.54) is 4.90 Å². The first-order valence-corrected chi connectivity index (χ1v) is 9.25. The molecule has 0 fully saturated rings. The van der Waals surface area contributed by atoms with Gasteiger partial charge in [0.2, 0.25) is 0 Å². The second kappa shape index (κ2) is 7.64. The largest absolute Gasteiger partial charge is 0.496 e. The van der Waals surface area contributed by atoms with Crippen molar-refractivity contribution in [2.45, 2.75) is 6.92 Å². The molecule has 1 aliphatic rings. The van der Waals surface area contributed by atoms with Crippen molar-refractivity contribution in [1.29, 1.82) is 0 Å². The number of imide groups is 1. The summed E-state index contributed by atoms with van der Waals surface area (Å²) in [5.74, 6) is -0.257. The van der Waals surface area contributed by atoms with E-state index in [4.69, 9.17) is 4.74 Å². The Labute approximate surface area is 169 Å². The Morgan fingerprint density at radius 3 is 2.14 bits per heavy atom. The van der Waals surface area contributed by atoms with Gasteiger partial charge in [-0.15, -0.1) is 0 Å². The zero-order chi connectivity index (χ0) is 20.4. The minimum absolute atomic E-state index is 0.228. The van der Waals surface area contributed by atoms with Crippen LogP contribution in [0.3, 0.4) is 0 Å². The van der Waals surface area contributed by atoms with Gasteiger partial charge in [-0.1, -0.05) is 54.1 Å². The predicted octanol–water partition coefficient (Wildman–Crippen LogP) is 4.40. The Balaban J connectivity index is 1.86. The Morgan fingerprint density at radius 1 is 0.793 bits per heavy atom. The number of benzene rings is 3. The Hall–Kier alpha value is -3.86. The summed E-state index contributed by atoms with van der Waals surface area (Å²) in [6.45, 7) is 1.96. The number of hydrogen-bond acceptors (Lipinski definition) is 4. The molecule has 0 atom stereocenters. The summed E-state index contributed by atoms with van der Waals surface area (Å²) in [7, 11) is 1.54. The molecule has 3 aromatic rings. The van der Waals surface area contributed by atoms with Crippen LogP contribution in [-0.4, -0.2) is 18.9 Å². The number of carbonyl (C=O) groups excluding carboxylic acids is 2. The number of anilines is 2. The Bertz CT molecular complexity index is 1100. The lowest BCUT2D eigenvalue weighted by molar-refractivity contribution is -0.120. The van der Waals surface area contributed by atoms with Crippen LogP contribution in [0.2, 0.25) is 0 Å². The maximum absolute atomic E-state index is 13.4. The van der Waals surface area contributed by atoms with Crippen LogP contribution in [0.25, 0.3) is 5.57 Å². The van der Waals surface area contributed by atoms with E-state index in [9.17, 15) is 9.59 Å². The van der Waals surface area contributed by atoms with E-state index in [0.717, 1.165) is 11.3 Å². The monoisotopic (exact) mass is 384 g/mol. The van der Waals surface area contributed by atoms with Crippen molar-refractivity contribution >= 4 is 28.8 Å². The third kappa shape index (κ3) is 3.38. The Morgan fingerprint density at radius 2 is 1.45 bits per heavy atom. The third-order valence-electron chi connectivity index (χ3n) is 4.80. The van der Waals surface area contributed by atoms with E-state index in [1.54, 1.807) is 31.4 Å². The molecule has 0 spiro atoms. The van der Waals surface area contributed by atoms with E-state index >= 15 is 0 Å². The van der Waals surface area contributed by atoms with Crippen LogP contribution in [0.4, 0.5) is 11.4 Å². The number of hydrogen-bond donors (Lipinski definition) is 1. The van der Waals surface area contributed by atoms with Crippen molar-refractivity contribution in [3.05, 3.63) is 95.7 Å². The van der Waals surface area contributed by atoms with Gasteiger partial charge in [0.05, 0.1) is 18.4 Å². The summed E-state index contributed by atoms with van der Waals surface area (Å²) in [6.07, 6.45) is 0. The average Bonchev–Trinajstić information content (AvgIpc) is 2.99. The molecule has 0 aromatic heterocycles. The van der Waals surface area contributed by atoms with Gasteiger partial charge in [-0.2, -0.15) is 0 Å². The number of para-hydroxylation sites is 2. The number of nitrogens with zero attached hydrogens (tertiary/aromatic N) is 1. The van der Waals surface area contributed by atoms with Crippen LogP contribution >= 0.6 is 0 Å². The summed E-state index contributed by atoms with van der Waals surface area (Å²) in [6, 6.07) is 23.8. The molecule has 5 heteroatoms. The summed E-state index contributed by atoms with van der Waals surface area (Å²) < 4.78 is 5.45. The van der Waals surface area contributed by atoms with E-state index < -0.39 is 5.91 Å². The number of carbonyl (C=O) groups is 2. The van der Waals surface area contributed by atoms with Gasteiger partial charge >= 0.3 is 0 Å². The zero-order valence-corrected chi connectivity index (χ0v) is 16.2. The SMILES string of the molecule is COc1ccccc1C1=C(Nc2ccccc2)C(=O)N(c2ccc(C)cc2)C1=O. The highest BCUT2D eigenvalue weighted by Gasteiger charge is 2.41.